The summed E-state index contributed by atoms with van der Waals surface area (Å²) >= 11 is 0. The summed E-state index contributed by atoms with van der Waals surface area (Å²) in [5.41, 5.74) is 7.08. The Kier molecular flexibility index (Phi) is 1.89. The third-order valence-corrected chi connectivity index (χ3v) is 2.35. The van der Waals surface area contributed by atoms with Crippen LogP contribution in [0.3, 0.4) is 0 Å². The third-order valence-electron chi connectivity index (χ3n) is 2.35. The van der Waals surface area contributed by atoms with E-state index in [-0.39, 0.29) is 11.7 Å². The Hall–Kier alpha value is -1.62. The van der Waals surface area contributed by atoms with E-state index < -0.39 is 4.92 Å². The van der Waals surface area contributed by atoms with Gasteiger partial charge in [0.1, 0.15) is 6.61 Å². The number of nitrogens with zero attached hydrogens (tertiary/aromatic N) is 1. The highest BCUT2D eigenvalue weighted by Crippen LogP contribution is 2.40. The van der Waals surface area contributed by atoms with E-state index in [1.807, 2.05) is 0 Å². The maximum absolute atomic E-state index is 10.8. The number of rotatable bonds is 1. The Morgan fingerprint density at radius 3 is 3.00 bits per heavy atom. The molecule has 0 aliphatic carbocycles. The maximum Gasteiger partial charge on any atom is 0.314 e. The summed E-state index contributed by atoms with van der Waals surface area (Å²) < 4.78 is 5.22. The van der Waals surface area contributed by atoms with Crippen LogP contribution in [0.5, 0.6) is 5.75 Å². The van der Waals surface area contributed by atoms with E-state index >= 15 is 0 Å². The molecular formula is C9H10N2O3. The van der Waals surface area contributed by atoms with Gasteiger partial charge < -0.3 is 10.5 Å². The average molecular weight is 194 g/mol. The van der Waals surface area contributed by atoms with Crippen molar-refractivity contribution < 1.29 is 9.66 Å². The molecule has 0 saturated heterocycles. The third kappa shape index (κ3) is 1.13. The molecule has 2 rings (SSSR count). The van der Waals surface area contributed by atoms with Gasteiger partial charge in [-0.25, -0.2) is 0 Å². The smallest absolute Gasteiger partial charge is 0.314 e. The van der Waals surface area contributed by atoms with E-state index in [1.165, 1.54) is 0 Å². The highest BCUT2D eigenvalue weighted by atomic mass is 16.6. The van der Waals surface area contributed by atoms with E-state index in [4.69, 9.17) is 10.5 Å². The van der Waals surface area contributed by atoms with Crippen molar-refractivity contribution in [1.82, 2.24) is 0 Å². The molecule has 14 heavy (non-hydrogen) atoms. The molecule has 2 N–H and O–H groups in total. The van der Waals surface area contributed by atoms with E-state index in [2.05, 4.69) is 0 Å². The summed E-state index contributed by atoms with van der Waals surface area (Å²) in [6.45, 7) is 2.01. The number of benzene rings is 1. The van der Waals surface area contributed by atoms with E-state index in [1.54, 1.807) is 19.1 Å². The first-order valence-electron chi connectivity index (χ1n) is 4.27. The van der Waals surface area contributed by atoms with Crippen molar-refractivity contribution in [3.8, 4) is 5.75 Å². The van der Waals surface area contributed by atoms with Crippen LogP contribution in [0, 0.1) is 17.0 Å². The number of nitro groups is 1. The first-order valence-corrected chi connectivity index (χ1v) is 4.27. The lowest BCUT2D eigenvalue weighted by Gasteiger charge is -2.03. The largest absolute Gasteiger partial charge is 0.485 e. The monoisotopic (exact) mass is 194 g/mol. The molecule has 0 aromatic heterocycles. The van der Waals surface area contributed by atoms with Crippen molar-refractivity contribution in [3.05, 3.63) is 33.4 Å². The number of aryl methyl sites for hydroxylation is 1. The number of nitrogens with two attached hydrogens (primary N) is 1. The lowest BCUT2D eigenvalue weighted by atomic mass is 10.1. The number of ether oxygens (including phenoxy) is 1. The average Bonchev–Trinajstić information content (AvgIpc) is 2.47. The van der Waals surface area contributed by atoms with Crippen molar-refractivity contribution >= 4 is 5.69 Å². The molecule has 1 heterocycles. The number of hydrogen-bond acceptors (Lipinski definition) is 4. The SMILES string of the molecule is Cc1ccc2c(c1[N+](=O)[O-])OCC2N. The number of hydrogen-bond donors (Lipinski definition) is 1. The Bertz CT molecular complexity index is 403. The summed E-state index contributed by atoms with van der Waals surface area (Å²) in [6.07, 6.45) is 0. The Morgan fingerprint density at radius 2 is 2.36 bits per heavy atom. The van der Waals surface area contributed by atoms with Crippen LogP contribution in [0.4, 0.5) is 5.69 Å². The number of fused-ring (bicyclic) bond motifs is 1. The van der Waals surface area contributed by atoms with Crippen molar-refractivity contribution in [1.29, 1.82) is 0 Å². The van der Waals surface area contributed by atoms with Crippen molar-refractivity contribution in [3.63, 3.8) is 0 Å². The minimum Gasteiger partial charge on any atom is -0.485 e. The van der Waals surface area contributed by atoms with Crippen LogP contribution in [0.15, 0.2) is 12.1 Å². The van der Waals surface area contributed by atoms with Gasteiger partial charge in [-0.15, -0.1) is 0 Å². The van der Waals surface area contributed by atoms with Gasteiger partial charge in [0.15, 0.2) is 0 Å². The normalized spacial score (nSPS) is 18.9. The van der Waals surface area contributed by atoms with Gasteiger partial charge >= 0.3 is 5.69 Å². The molecule has 74 valence electrons. The van der Waals surface area contributed by atoms with E-state index in [9.17, 15) is 10.1 Å². The van der Waals surface area contributed by atoms with Crippen LogP contribution in [-0.4, -0.2) is 11.5 Å². The van der Waals surface area contributed by atoms with Crippen LogP contribution >= 0.6 is 0 Å². The van der Waals surface area contributed by atoms with E-state index in [0.29, 0.717) is 17.9 Å². The molecule has 0 radical (unpaired) electrons. The van der Waals surface area contributed by atoms with Gasteiger partial charge in [-0.2, -0.15) is 0 Å². The molecule has 5 heteroatoms. The lowest BCUT2D eigenvalue weighted by Crippen LogP contribution is -2.10. The summed E-state index contributed by atoms with van der Waals surface area (Å²) in [4.78, 5) is 10.3. The highest BCUT2D eigenvalue weighted by Gasteiger charge is 2.30. The second-order valence-electron chi connectivity index (χ2n) is 3.32. The first-order chi connectivity index (χ1) is 6.61. The molecule has 1 unspecified atom stereocenters. The maximum atomic E-state index is 10.8. The zero-order chi connectivity index (χ0) is 10.3. The van der Waals surface area contributed by atoms with Crippen LogP contribution in [0.1, 0.15) is 17.2 Å². The zero-order valence-electron chi connectivity index (χ0n) is 7.69. The fourth-order valence-corrected chi connectivity index (χ4v) is 1.62. The van der Waals surface area contributed by atoms with Crippen LogP contribution < -0.4 is 10.5 Å². The second kappa shape index (κ2) is 2.95. The fraction of sp³-hybridized carbons (Fsp3) is 0.333. The van der Waals surface area contributed by atoms with Gasteiger partial charge in [0.2, 0.25) is 5.75 Å². The van der Waals surface area contributed by atoms with Crippen LogP contribution in [0.2, 0.25) is 0 Å². The predicted octanol–water partition coefficient (Wildman–Crippen LogP) is 1.30. The molecule has 1 aromatic rings. The van der Waals surface area contributed by atoms with Crippen molar-refractivity contribution in [2.24, 2.45) is 5.73 Å². The highest BCUT2D eigenvalue weighted by molar-refractivity contribution is 5.59. The zero-order valence-corrected chi connectivity index (χ0v) is 7.69. The molecule has 0 amide bonds. The molecule has 1 atom stereocenters. The molecule has 0 saturated carbocycles. The van der Waals surface area contributed by atoms with Gasteiger partial charge in [0.25, 0.3) is 0 Å². The van der Waals surface area contributed by atoms with Crippen LogP contribution in [-0.2, 0) is 0 Å². The van der Waals surface area contributed by atoms with Gasteiger partial charge in [-0.1, -0.05) is 12.1 Å². The standard InChI is InChI=1S/C9H10N2O3/c1-5-2-3-6-7(10)4-14-9(6)8(5)11(12)13/h2-3,7H,4,10H2,1H3. The van der Waals surface area contributed by atoms with Gasteiger partial charge in [-0.05, 0) is 6.92 Å². The summed E-state index contributed by atoms with van der Waals surface area (Å²) in [5.74, 6) is 0.336. The Balaban J connectivity index is 2.65. The molecule has 1 aliphatic rings. The van der Waals surface area contributed by atoms with Crippen molar-refractivity contribution in [2.75, 3.05) is 6.61 Å². The molecule has 0 fully saturated rings. The lowest BCUT2D eigenvalue weighted by molar-refractivity contribution is -0.386. The molecular weight excluding hydrogens is 184 g/mol. The molecule has 0 spiro atoms. The summed E-state index contributed by atoms with van der Waals surface area (Å²) in [5, 5.41) is 10.8. The fourth-order valence-electron chi connectivity index (χ4n) is 1.62. The molecule has 1 aliphatic heterocycles. The minimum absolute atomic E-state index is 0.0375. The predicted molar refractivity (Wildman–Crippen MR) is 50.3 cm³/mol. The Labute approximate surface area is 80.6 Å². The second-order valence-corrected chi connectivity index (χ2v) is 3.32. The van der Waals surface area contributed by atoms with Gasteiger partial charge in [0.05, 0.1) is 11.0 Å². The molecule has 0 bridgehead atoms. The summed E-state index contributed by atoms with van der Waals surface area (Å²) in [6, 6.07) is 3.24. The quantitative estimate of drug-likeness (QED) is 0.539. The van der Waals surface area contributed by atoms with E-state index in [0.717, 1.165) is 5.56 Å². The van der Waals surface area contributed by atoms with Crippen LogP contribution in [0.25, 0.3) is 0 Å². The molecule has 5 nitrogen and oxygen atoms in total. The molecule has 1 aromatic carbocycles. The topological polar surface area (TPSA) is 78.4 Å². The van der Waals surface area contributed by atoms with Gasteiger partial charge in [-0.3, -0.25) is 10.1 Å². The summed E-state index contributed by atoms with van der Waals surface area (Å²) in [7, 11) is 0. The van der Waals surface area contributed by atoms with Crippen molar-refractivity contribution in [2.45, 2.75) is 13.0 Å². The van der Waals surface area contributed by atoms with Gasteiger partial charge in [0, 0.05) is 11.1 Å². The minimum atomic E-state index is -0.424. The first kappa shape index (κ1) is 8.96. The Morgan fingerprint density at radius 1 is 1.64 bits per heavy atom. The number of nitro benzene ring substituents is 1.